The molecule has 0 spiro atoms. The first kappa shape index (κ1) is 15.6. The van der Waals surface area contributed by atoms with Gasteiger partial charge in [-0.05, 0) is 56.4 Å². The van der Waals surface area contributed by atoms with Crippen molar-refractivity contribution in [2.75, 3.05) is 39.5 Å². The summed E-state index contributed by atoms with van der Waals surface area (Å²) in [5.74, 6) is 0. The summed E-state index contributed by atoms with van der Waals surface area (Å²) in [5.41, 5.74) is 1.84. The molecular formula is C17H23N3OS. The van der Waals surface area contributed by atoms with Gasteiger partial charge in [-0.15, -0.1) is 11.8 Å². The summed E-state index contributed by atoms with van der Waals surface area (Å²) in [6.07, 6.45) is 3.21. The number of aromatic nitrogens is 1. The molecule has 0 amide bonds. The molecule has 2 aromatic rings. The largest absolute Gasteiger partial charge is 0.322 e. The van der Waals surface area contributed by atoms with Crippen LogP contribution in [0.25, 0.3) is 10.9 Å². The number of hydrogen-bond acceptors (Lipinski definition) is 4. The standard InChI is InChI=1S/C17H23N3OS/c1-19-6-3-7-20(9-8-19)12-14-10-13-4-5-15(22-2)11-16(13)18-17(14)21/h4-5,10-11H,3,6-9,12H2,1-2H3,(H,18,21). The molecule has 1 aliphatic rings. The highest BCUT2D eigenvalue weighted by Gasteiger charge is 2.14. The molecule has 0 radical (unpaired) electrons. The Morgan fingerprint density at radius 3 is 2.86 bits per heavy atom. The van der Waals surface area contributed by atoms with Gasteiger partial charge in [0.15, 0.2) is 0 Å². The molecule has 118 valence electrons. The highest BCUT2D eigenvalue weighted by Crippen LogP contribution is 2.20. The highest BCUT2D eigenvalue weighted by atomic mass is 32.2. The number of likely N-dealkylation sites (N-methyl/N-ethyl adjacent to an activating group) is 1. The molecule has 1 fully saturated rings. The number of H-pyrrole nitrogens is 1. The van der Waals surface area contributed by atoms with Crippen LogP contribution < -0.4 is 5.56 Å². The van der Waals surface area contributed by atoms with Crippen molar-refractivity contribution in [1.29, 1.82) is 0 Å². The second-order valence-electron chi connectivity index (χ2n) is 6.01. The maximum absolute atomic E-state index is 12.4. The minimum atomic E-state index is 0.0448. The molecule has 3 rings (SSSR count). The van der Waals surface area contributed by atoms with Crippen molar-refractivity contribution in [2.45, 2.75) is 17.9 Å². The molecular weight excluding hydrogens is 294 g/mol. The predicted octanol–water partition coefficient (Wildman–Crippen LogP) is 2.39. The lowest BCUT2D eigenvalue weighted by Gasteiger charge is -2.19. The maximum atomic E-state index is 12.4. The maximum Gasteiger partial charge on any atom is 0.252 e. The quantitative estimate of drug-likeness (QED) is 0.882. The van der Waals surface area contributed by atoms with E-state index in [0.717, 1.165) is 49.2 Å². The smallest absolute Gasteiger partial charge is 0.252 e. The summed E-state index contributed by atoms with van der Waals surface area (Å²) in [6.45, 7) is 5.04. The first-order valence-electron chi connectivity index (χ1n) is 7.76. The average Bonchev–Trinajstić information content (AvgIpc) is 2.72. The number of nitrogens with one attached hydrogen (secondary N) is 1. The topological polar surface area (TPSA) is 39.3 Å². The Balaban J connectivity index is 1.84. The van der Waals surface area contributed by atoms with Gasteiger partial charge < -0.3 is 9.88 Å². The van der Waals surface area contributed by atoms with Crippen molar-refractivity contribution in [3.8, 4) is 0 Å². The number of benzene rings is 1. The molecule has 0 saturated carbocycles. The number of thioether (sulfide) groups is 1. The van der Waals surface area contributed by atoms with E-state index in [2.05, 4.69) is 34.0 Å². The van der Waals surface area contributed by atoms with E-state index >= 15 is 0 Å². The van der Waals surface area contributed by atoms with E-state index in [4.69, 9.17) is 0 Å². The fraction of sp³-hybridized carbons (Fsp3) is 0.471. The highest BCUT2D eigenvalue weighted by molar-refractivity contribution is 7.98. The molecule has 1 aromatic heterocycles. The van der Waals surface area contributed by atoms with Crippen LogP contribution in [0.2, 0.25) is 0 Å². The third-order valence-corrected chi connectivity index (χ3v) is 5.06. The van der Waals surface area contributed by atoms with Gasteiger partial charge in [0.25, 0.3) is 5.56 Å². The molecule has 22 heavy (non-hydrogen) atoms. The van der Waals surface area contributed by atoms with Gasteiger partial charge in [0.05, 0.1) is 0 Å². The lowest BCUT2D eigenvalue weighted by Crippen LogP contribution is -2.30. The lowest BCUT2D eigenvalue weighted by molar-refractivity contribution is 0.268. The molecule has 0 unspecified atom stereocenters. The Bertz CT molecular complexity index is 713. The van der Waals surface area contributed by atoms with Crippen LogP contribution >= 0.6 is 11.8 Å². The zero-order valence-corrected chi connectivity index (χ0v) is 14.1. The first-order chi connectivity index (χ1) is 10.7. The van der Waals surface area contributed by atoms with E-state index in [1.54, 1.807) is 11.8 Å². The molecule has 2 heterocycles. The fourth-order valence-electron chi connectivity index (χ4n) is 2.97. The SMILES string of the molecule is CSc1ccc2cc(CN3CCCN(C)CC3)c(=O)[nH]c2c1. The van der Waals surface area contributed by atoms with E-state index < -0.39 is 0 Å². The Hall–Kier alpha value is -1.30. The Kier molecular flexibility index (Phi) is 4.86. The predicted molar refractivity (Wildman–Crippen MR) is 93.7 cm³/mol. The van der Waals surface area contributed by atoms with Crippen LogP contribution in [0.4, 0.5) is 0 Å². The van der Waals surface area contributed by atoms with Gasteiger partial charge in [-0.1, -0.05) is 6.07 Å². The van der Waals surface area contributed by atoms with E-state index in [0.29, 0.717) is 0 Å². The average molecular weight is 317 g/mol. The summed E-state index contributed by atoms with van der Waals surface area (Å²) in [4.78, 5) is 21.3. The monoisotopic (exact) mass is 317 g/mol. The normalized spacial score (nSPS) is 17.7. The van der Waals surface area contributed by atoms with Gasteiger partial charge in [0.1, 0.15) is 0 Å². The van der Waals surface area contributed by atoms with Gasteiger partial charge in [0.2, 0.25) is 0 Å². The van der Waals surface area contributed by atoms with Gasteiger partial charge in [-0.2, -0.15) is 0 Å². The van der Waals surface area contributed by atoms with Gasteiger partial charge >= 0.3 is 0 Å². The zero-order chi connectivity index (χ0) is 15.5. The van der Waals surface area contributed by atoms with Gasteiger partial charge in [-0.25, -0.2) is 0 Å². The number of aromatic amines is 1. The minimum absolute atomic E-state index is 0.0448. The Morgan fingerprint density at radius 1 is 1.18 bits per heavy atom. The summed E-state index contributed by atoms with van der Waals surface area (Å²) >= 11 is 1.69. The fourth-order valence-corrected chi connectivity index (χ4v) is 3.41. The molecule has 0 bridgehead atoms. The molecule has 1 aliphatic heterocycles. The summed E-state index contributed by atoms with van der Waals surface area (Å²) in [6, 6.07) is 8.30. The van der Waals surface area contributed by atoms with E-state index in [1.165, 1.54) is 11.3 Å². The number of hydrogen-bond donors (Lipinski definition) is 1. The van der Waals surface area contributed by atoms with Crippen LogP contribution in [-0.4, -0.2) is 54.3 Å². The van der Waals surface area contributed by atoms with Gasteiger partial charge in [-0.3, -0.25) is 9.69 Å². The second-order valence-corrected chi connectivity index (χ2v) is 6.89. The van der Waals surface area contributed by atoms with Crippen LogP contribution in [0.15, 0.2) is 34.0 Å². The van der Waals surface area contributed by atoms with E-state index in [-0.39, 0.29) is 5.56 Å². The molecule has 5 heteroatoms. The van der Waals surface area contributed by atoms with Gasteiger partial charge in [0, 0.05) is 35.6 Å². The molecule has 4 nitrogen and oxygen atoms in total. The van der Waals surface area contributed by atoms with Crippen molar-refractivity contribution in [1.82, 2.24) is 14.8 Å². The number of fused-ring (bicyclic) bond motifs is 1. The molecule has 1 saturated heterocycles. The first-order valence-corrected chi connectivity index (χ1v) is 8.99. The molecule has 0 aliphatic carbocycles. The second kappa shape index (κ2) is 6.86. The Morgan fingerprint density at radius 2 is 2.05 bits per heavy atom. The van der Waals surface area contributed by atoms with E-state index in [9.17, 15) is 4.79 Å². The lowest BCUT2D eigenvalue weighted by atomic mass is 10.1. The van der Waals surface area contributed by atoms with Crippen molar-refractivity contribution in [2.24, 2.45) is 0 Å². The molecule has 0 atom stereocenters. The van der Waals surface area contributed by atoms with Crippen LogP contribution in [0.3, 0.4) is 0 Å². The zero-order valence-electron chi connectivity index (χ0n) is 13.3. The van der Waals surface area contributed by atoms with Crippen molar-refractivity contribution < 1.29 is 0 Å². The van der Waals surface area contributed by atoms with Crippen LogP contribution in [-0.2, 0) is 6.54 Å². The summed E-state index contributed by atoms with van der Waals surface area (Å²) in [5, 5.41) is 1.11. The van der Waals surface area contributed by atoms with Crippen LogP contribution in [0.1, 0.15) is 12.0 Å². The third kappa shape index (κ3) is 3.54. The minimum Gasteiger partial charge on any atom is -0.322 e. The van der Waals surface area contributed by atoms with Crippen molar-refractivity contribution in [3.05, 3.63) is 40.2 Å². The molecule has 1 aromatic carbocycles. The molecule has 1 N–H and O–H groups in total. The van der Waals surface area contributed by atoms with Crippen molar-refractivity contribution in [3.63, 3.8) is 0 Å². The third-order valence-electron chi connectivity index (χ3n) is 4.34. The van der Waals surface area contributed by atoms with Crippen LogP contribution in [0.5, 0.6) is 0 Å². The van der Waals surface area contributed by atoms with E-state index in [1.807, 2.05) is 18.4 Å². The number of nitrogens with zero attached hydrogens (tertiary/aromatic N) is 2. The number of rotatable bonds is 3. The Labute approximate surface area is 135 Å². The van der Waals surface area contributed by atoms with Crippen molar-refractivity contribution >= 4 is 22.7 Å². The summed E-state index contributed by atoms with van der Waals surface area (Å²) < 4.78 is 0. The van der Waals surface area contributed by atoms with Crippen LogP contribution in [0, 0.1) is 0 Å². The summed E-state index contributed by atoms with van der Waals surface area (Å²) in [7, 11) is 2.16. The number of pyridine rings is 1.